The van der Waals surface area contributed by atoms with Gasteiger partial charge >= 0.3 is 0 Å². The Labute approximate surface area is 131 Å². The van der Waals surface area contributed by atoms with Crippen LogP contribution in [-0.4, -0.2) is 15.9 Å². The summed E-state index contributed by atoms with van der Waals surface area (Å²) < 4.78 is 0. The van der Waals surface area contributed by atoms with Crippen LogP contribution in [0.2, 0.25) is 5.02 Å². The molecule has 1 atom stereocenters. The first-order valence-corrected chi connectivity index (χ1v) is 7.80. The molecule has 2 aromatic heterocycles. The Morgan fingerprint density at radius 1 is 1.48 bits per heavy atom. The zero-order valence-corrected chi connectivity index (χ0v) is 13.2. The minimum absolute atomic E-state index is 0.135. The molecule has 4 nitrogen and oxygen atoms in total. The van der Waals surface area contributed by atoms with E-state index in [1.54, 1.807) is 23.5 Å². The summed E-state index contributed by atoms with van der Waals surface area (Å²) in [7, 11) is 0. The highest BCUT2D eigenvalue weighted by atomic mass is 35.5. The molecule has 21 heavy (non-hydrogen) atoms. The van der Waals surface area contributed by atoms with Crippen LogP contribution in [0.15, 0.2) is 29.6 Å². The van der Waals surface area contributed by atoms with Crippen molar-refractivity contribution in [2.24, 2.45) is 0 Å². The lowest BCUT2D eigenvalue weighted by Crippen LogP contribution is -2.27. The van der Waals surface area contributed by atoms with E-state index in [0.29, 0.717) is 10.7 Å². The van der Waals surface area contributed by atoms with Crippen molar-refractivity contribution in [3.05, 3.63) is 51.1 Å². The van der Waals surface area contributed by atoms with Gasteiger partial charge in [0.05, 0.1) is 27.3 Å². The first-order valence-electron chi connectivity index (χ1n) is 6.54. The Hall–Kier alpha value is -1.85. The van der Waals surface area contributed by atoms with E-state index in [9.17, 15) is 4.79 Å². The molecule has 0 radical (unpaired) electrons. The van der Waals surface area contributed by atoms with Crippen molar-refractivity contribution in [3.63, 3.8) is 0 Å². The van der Waals surface area contributed by atoms with E-state index in [1.807, 2.05) is 31.4 Å². The molecule has 108 valence electrons. The Balaban J connectivity index is 1.82. The Morgan fingerprint density at radius 3 is 2.95 bits per heavy atom. The number of aromatic amines is 1. The largest absolute Gasteiger partial charge is 0.349 e. The second-order valence-electron chi connectivity index (χ2n) is 4.87. The summed E-state index contributed by atoms with van der Waals surface area (Å²) in [6.45, 7) is 3.87. The zero-order valence-electron chi connectivity index (χ0n) is 11.6. The standard InChI is InChI=1S/C15H14ClN3OS/c1-8(13-7-21-9(2)18-13)17-15(20)12-6-10-4-3-5-11(16)14(10)19-12/h3-8,19H,1-2H3,(H,17,20). The van der Waals surface area contributed by atoms with E-state index in [2.05, 4.69) is 15.3 Å². The number of amides is 1. The molecule has 0 bridgehead atoms. The second-order valence-corrected chi connectivity index (χ2v) is 6.34. The molecule has 0 aliphatic carbocycles. The third-order valence-corrected chi connectivity index (χ3v) is 4.38. The normalized spacial score (nSPS) is 12.5. The molecule has 3 rings (SSSR count). The predicted octanol–water partition coefficient (Wildman–Crippen LogP) is 4.08. The highest BCUT2D eigenvalue weighted by Gasteiger charge is 2.16. The lowest BCUT2D eigenvalue weighted by Gasteiger charge is -2.10. The maximum Gasteiger partial charge on any atom is 0.268 e. The molecule has 6 heteroatoms. The number of hydrogen-bond donors (Lipinski definition) is 2. The van der Waals surface area contributed by atoms with Gasteiger partial charge in [-0.2, -0.15) is 0 Å². The van der Waals surface area contributed by atoms with Crippen molar-refractivity contribution in [2.75, 3.05) is 0 Å². The van der Waals surface area contributed by atoms with Crippen molar-refractivity contribution in [2.45, 2.75) is 19.9 Å². The lowest BCUT2D eigenvalue weighted by atomic mass is 10.2. The number of nitrogens with one attached hydrogen (secondary N) is 2. The van der Waals surface area contributed by atoms with Crippen LogP contribution in [-0.2, 0) is 0 Å². The number of nitrogens with zero attached hydrogens (tertiary/aromatic N) is 1. The highest BCUT2D eigenvalue weighted by molar-refractivity contribution is 7.09. The fraction of sp³-hybridized carbons (Fsp3) is 0.200. The number of halogens is 1. The fourth-order valence-electron chi connectivity index (χ4n) is 2.17. The van der Waals surface area contributed by atoms with Gasteiger partial charge in [0.1, 0.15) is 5.69 Å². The number of carbonyl (C=O) groups excluding carboxylic acids is 1. The number of aromatic nitrogens is 2. The number of H-pyrrole nitrogens is 1. The number of fused-ring (bicyclic) bond motifs is 1. The number of carbonyl (C=O) groups is 1. The highest BCUT2D eigenvalue weighted by Crippen LogP contribution is 2.24. The van der Waals surface area contributed by atoms with Crippen molar-refractivity contribution in [1.82, 2.24) is 15.3 Å². The Morgan fingerprint density at radius 2 is 2.29 bits per heavy atom. The smallest absolute Gasteiger partial charge is 0.268 e. The molecule has 0 saturated heterocycles. The van der Waals surface area contributed by atoms with Crippen LogP contribution in [0.25, 0.3) is 10.9 Å². The maximum absolute atomic E-state index is 12.3. The summed E-state index contributed by atoms with van der Waals surface area (Å²) in [6, 6.07) is 7.24. The van der Waals surface area contributed by atoms with Crippen LogP contribution in [0.3, 0.4) is 0 Å². The zero-order chi connectivity index (χ0) is 15.0. The first-order chi connectivity index (χ1) is 10.0. The molecule has 0 saturated carbocycles. The number of aryl methyl sites for hydroxylation is 1. The van der Waals surface area contributed by atoms with Gasteiger partial charge in [0.2, 0.25) is 0 Å². The average molecular weight is 320 g/mol. The second kappa shape index (κ2) is 5.50. The minimum Gasteiger partial charge on any atom is -0.349 e. The number of thiazole rings is 1. The SMILES string of the molecule is Cc1nc(C(C)NC(=O)c2cc3cccc(Cl)c3[nH]2)cs1. The number of benzene rings is 1. The number of para-hydroxylation sites is 1. The summed E-state index contributed by atoms with van der Waals surface area (Å²) in [6.07, 6.45) is 0. The van der Waals surface area contributed by atoms with E-state index < -0.39 is 0 Å². The summed E-state index contributed by atoms with van der Waals surface area (Å²) in [5, 5.41) is 7.41. The predicted molar refractivity (Wildman–Crippen MR) is 86.0 cm³/mol. The molecule has 0 aliphatic heterocycles. The molecule has 0 fully saturated rings. The van der Waals surface area contributed by atoms with Gasteiger partial charge in [-0.15, -0.1) is 11.3 Å². The van der Waals surface area contributed by atoms with Crippen LogP contribution in [0, 0.1) is 6.92 Å². The Kier molecular flexibility index (Phi) is 3.69. The first kappa shape index (κ1) is 14.1. The van der Waals surface area contributed by atoms with E-state index in [4.69, 9.17) is 11.6 Å². The van der Waals surface area contributed by atoms with Gasteiger partial charge in [0.15, 0.2) is 0 Å². The van der Waals surface area contributed by atoms with Crippen LogP contribution in [0.4, 0.5) is 0 Å². The van der Waals surface area contributed by atoms with Gasteiger partial charge in [-0.3, -0.25) is 4.79 Å². The quantitative estimate of drug-likeness (QED) is 0.764. The molecule has 1 aromatic carbocycles. The Bertz CT molecular complexity index is 808. The van der Waals surface area contributed by atoms with Gasteiger partial charge in [-0.1, -0.05) is 23.7 Å². The topological polar surface area (TPSA) is 57.8 Å². The molecular weight excluding hydrogens is 306 g/mol. The van der Waals surface area contributed by atoms with Gasteiger partial charge in [-0.25, -0.2) is 4.98 Å². The van der Waals surface area contributed by atoms with Crippen LogP contribution in [0.1, 0.15) is 34.2 Å². The molecular formula is C15H14ClN3OS. The summed E-state index contributed by atoms with van der Waals surface area (Å²) in [5.74, 6) is -0.166. The van der Waals surface area contributed by atoms with E-state index in [-0.39, 0.29) is 11.9 Å². The van der Waals surface area contributed by atoms with Crippen molar-refractivity contribution in [3.8, 4) is 0 Å². The molecule has 3 aromatic rings. The molecule has 2 N–H and O–H groups in total. The van der Waals surface area contributed by atoms with Gasteiger partial charge in [0, 0.05) is 10.8 Å². The van der Waals surface area contributed by atoms with Gasteiger partial charge in [0.25, 0.3) is 5.91 Å². The average Bonchev–Trinajstić information content (AvgIpc) is 3.05. The van der Waals surface area contributed by atoms with Crippen LogP contribution >= 0.6 is 22.9 Å². The van der Waals surface area contributed by atoms with Crippen molar-refractivity contribution in [1.29, 1.82) is 0 Å². The van der Waals surface area contributed by atoms with Gasteiger partial charge < -0.3 is 10.3 Å². The maximum atomic E-state index is 12.3. The van der Waals surface area contributed by atoms with E-state index in [0.717, 1.165) is 21.6 Å². The number of rotatable bonds is 3. The lowest BCUT2D eigenvalue weighted by molar-refractivity contribution is 0.0935. The molecule has 0 spiro atoms. The molecule has 2 heterocycles. The summed E-state index contributed by atoms with van der Waals surface area (Å²) >= 11 is 7.68. The summed E-state index contributed by atoms with van der Waals surface area (Å²) in [4.78, 5) is 19.8. The van der Waals surface area contributed by atoms with E-state index in [1.165, 1.54) is 0 Å². The molecule has 1 unspecified atom stereocenters. The van der Waals surface area contributed by atoms with Crippen molar-refractivity contribution < 1.29 is 4.79 Å². The third-order valence-electron chi connectivity index (χ3n) is 3.28. The fourth-order valence-corrected chi connectivity index (χ4v) is 3.10. The van der Waals surface area contributed by atoms with Crippen LogP contribution in [0.5, 0.6) is 0 Å². The summed E-state index contributed by atoms with van der Waals surface area (Å²) in [5.41, 5.74) is 2.15. The van der Waals surface area contributed by atoms with Crippen LogP contribution < -0.4 is 5.32 Å². The van der Waals surface area contributed by atoms with E-state index >= 15 is 0 Å². The van der Waals surface area contributed by atoms with Gasteiger partial charge in [-0.05, 0) is 26.0 Å². The third kappa shape index (κ3) is 2.80. The van der Waals surface area contributed by atoms with Crippen molar-refractivity contribution >= 4 is 39.7 Å². The monoisotopic (exact) mass is 319 g/mol. The minimum atomic E-state index is -0.166. The molecule has 0 aliphatic rings. The molecule has 1 amide bonds. The number of hydrogen-bond acceptors (Lipinski definition) is 3.